The summed E-state index contributed by atoms with van der Waals surface area (Å²) < 4.78 is 1.57. The summed E-state index contributed by atoms with van der Waals surface area (Å²) in [6.07, 6.45) is 1.24. The van der Waals surface area contributed by atoms with Crippen molar-refractivity contribution in [1.82, 2.24) is 5.32 Å². The third-order valence-electron chi connectivity index (χ3n) is 3.11. The third kappa shape index (κ3) is 2.50. The SMILES string of the molecule is CC(NC1CC1(C)C)c1cc(Cl)sc1Cl. The monoisotopic (exact) mass is 263 g/mol. The molecule has 0 spiro atoms. The molecule has 1 aliphatic carbocycles. The molecular formula is C11H15Cl2NS. The fraction of sp³-hybridized carbons (Fsp3) is 0.636. The Morgan fingerprint density at radius 2 is 2.13 bits per heavy atom. The normalized spacial score (nSPS) is 25.3. The molecule has 0 aliphatic heterocycles. The fourth-order valence-corrected chi connectivity index (χ4v) is 3.44. The van der Waals surface area contributed by atoms with E-state index < -0.39 is 0 Å². The van der Waals surface area contributed by atoms with Crippen LogP contribution in [0.5, 0.6) is 0 Å². The molecule has 1 saturated carbocycles. The predicted octanol–water partition coefficient (Wildman–Crippen LogP) is 4.50. The molecule has 1 N–H and O–H groups in total. The number of hydrogen-bond acceptors (Lipinski definition) is 2. The lowest BCUT2D eigenvalue weighted by Crippen LogP contribution is -2.24. The van der Waals surface area contributed by atoms with Gasteiger partial charge in [-0.05, 0) is 30.4 Å². The van der Waals surface area contributed by atoms with Gasteiger partial charge in [-0.3, -0.25) is 0 Å². The van der Waals surface area contributed by atoms with Crippen molar-refractivity contribution < 1.29 is 0 Å². The lowest BCUT2D eigenvalue weighted by atomic mass is 10.1. The second-order valence-electron chi connectivity index (χ2n) is 4.91. The van der Waals surface area contributed by atoms with Gasteiger partial charge in [0.05, 0.1) is 8.67 Å². The molecule has 2 rings (SSSR count). The van der Waals surface area contributed by atoms with Gasteiger partial charge in [-0.15, -0.1) is 11.3 Å². The molecule has 84 valence electrons. The van der Waals surface area contributed by atoms with Crippen LogP contribution < -0.4 is 5.32 Å². The molecule has 0 amide bonds. The van der Waals surface area contributed by atoms with Gasteiger partial charge >= 0.3 is 0 Å². The Labute approximate surface area is 105 Å². The van der Waals surface area contributed by atoms with E-state index in [2.05, 4.69) is 26.1 Å². The van der Waals surface area contributed by atoms with E-state index in [1.165, 1.54) is 17.8 Å². The highest BCUT2D eigenvalue weighted by Crippen LogP contribution is 2.46. The van der Waals surface area contributed by atoms with Gasteiger partial charge < -0.3 is 5.32 Å². The smallest absolute Gasteiger partial charge is 0.0991 e. The number of hydrogen-bond donors (Lipinski definition) is 1. The maximum atomic E-state index is 6.11. The van der Waals surface area contributed by atoms with Crippen LogP contribution in [-0.4, -0.2) is 6.04 Å². The first-order valence-corrected chi connectivity index (χ1v) is 6.68. The number of nitrogens with one attached hydrogen (secondary N) is 1. The van der Waals surface area contributed by atoms with Gasteiger partial charge in [0.25, 0.3) is 0 Å². The minimum atomic E-state index is 0.285. The highest BCUT2D eigenvalue weighted by Gasteiger charge is 2.46. The molecule has 4 heteroatoms. The minimum absolute atomic E-state index is 0.285. The van der Waals surface area contributed by atoms with Crippen LogP contribution >= 0.6 is 34.5 Å². The first-order chi connectivity index (χ1) is 6.90. The Morgan fingerprint density at radius 3 is 2.53 bits per heavy atom. The Morgan fingerprint density at radius 1 is 1.53 bits per heavy atom. The quantitative estimate of drug-likeness (QED) is 0.847. The predicted molar refractivity (Wildman–Crippen MR) is 68.1 cm³/mol. The van der Waals surface area contributed by atoms with Gasteiger partial charge in [0, 0.05) is 12.1 Å². The molecule has 1 nitrogen and oxygen atoms in total. The molecule has 0 saturated heterocycles. The summed E-state index contributed by atoms with van der Waals surface area (Å²) in [5.41, 5.74) is 1.56. The largest absolute Gasteiger partial charge is 0.307 e. The minimum Gasteiger partial charge on any atom is -0.307 e. The van der Waals surface area contributed by atoms with Crippen molar-refractivity contribution in [1.29, 1.82) is 0 Å². The first-order valence-electron chi connectivity index (χ1n) is 5.11. The summed E-state index contributed by atoms with van der Waals surface area (Å²) in [4.78, 5) is 0. The van der Waals surface area contributed by atoms with Crippen LogP contribution in [0.4, 0.5) is 0 Å². The fourth-order valence-electron chi connectivity index (χ4n) is 1.79. The summed E-state index contributed by atoms with van der Waals surface area (Å²) in [6.45, 7) is 6.69. The van der Waals surface area contributed by atoms with Crippen LogP contribution in [0.1, 0.15) is 38.8 Å². The third-order valence-corrected chi connectivity index (χ3v) is 4.63. The summed E-state index contributed by atoms with van der Waals surface area (Å²) >= 11 is 13.5. The first kappa shape index (κ1) is 11.7. The van der Waals surface area contributed by atoms with E-state index in [4.69, 9.17) is 23.2 Å². The van der Waals surface area contributed by atoms with Gasteiger partial charge in [0.15, 0.2) is 0 Å². The van der Waals surface area contributed by atoms with Crippen LogP contribution in [0, 0.1) is 5.41 Å². The maximum Gasteiger partial charge on any atom is 0.0991 e. The van der Waals surface area contributed by atoms with Gasteiger partial charge in [0.2, 0.25) is 0 Å². The molecule has 0 radical (unpaired) electrons. The van der Waals surface area contributed by atoms with Gasteiger partial charge in [0.1, 0.15) is 0 Å². The van der Waals surface area contributed by atoms with Crippen LogP contribution in [0.15, 0.2) is 6.07 Å². The molecule has 0 bridgehead atoms. The highest BCUT2D eigenvalue weighted by molar-refractivity contribution is 7.20. The van der Waals surface area contributed by atoms with E-state index in [1.54, 1.807) is 0 Å². The van der Waals surface area contributed by atoms with E-state index in [9.17, 15) is 0 Å². The van der Waals surface area contributed by atoms with Crippen LogP contribution in [0.3, 0.4) is 0 Å². The number of halogens is 2. The van der Waals surface area contributed by atoms with Crippen molar-refractivity contribution in [3.8, 4) is 0 Å². The van der Waals surface area contributed by atoms with Gasteiger partial charge in [-0.2, -0.15) is 0 Å². The Hall–Kier alpha value is 0.240. The zero-order chi connectivity index (χ0) is 11.2. The van der Waals surface area contributed by atoms with Crippen molar-refractivity contribution >= 4 is 34.5 Å². The van der Waals surface area contributed by atoms with Crippen LogP contribution in [0.2, 0.25) is 8.67 Å². The second-order valence-corrected chi connectivity index (χ2v) is 7.20. The summed E-state index contributed by atoms with van der Waals surface area (Å²) in [5.74, 6) is 0. The summed E-state index contributed by atoms with van der Waals surface area (Å²) in [5, 5.41) is 3.58. The lowest BCUT2D eigenvalue weighted by Gasteiger charge is -2.14. The highest BCUT2D eigenvalue weighted by atomic mass is 35.5. The molecular weight excluding hydrogens is 249 g/mol. The molecule has 1 aromatic heterocycles. The number of thiophene rings is 1. The van der Waals surface area contributed by atoms with Crippen molar-refractivity contribution in [3.63, 3.8) is 0 Å². The van der Waals surface area contributed by atoms with E-state index in [1.807, 2.05) is 6.07 Å². The van der Waals surface area contributed by atoms with E-state index >= 15 is 0 Å². The molecule has 0 aromatic carbocycles. The Bertz CT molecular complexity index is 373. The molecule has 1 aromatic rings. The molecule has 1 aliphatic rings. The van der Waals surface area contributed by atoms with Crippen molar-refractivity contribution in [2.75, 3.05) is 0 Å². The topological polar surface area (TPSA) is 12.0 Å². The lowest BCUT2D eigenvalue weighted by molar-refractivity contribution is 0.492. The summed E-state index contributed by atoms with van der Waals surface area (Å²) in [6, 6.07) is 2.86. The van der Waals surface area contributed by atoms with Crippen molar-refractivity contribution in [2.24, 2.45) is 5.41 Å². The maximum absolute atomic E-state index is 6.11. The average Bonchev–Trinajstić information content (AvgIpc) is 2.53. The van der Waals surface area contributed by atoms with E-state index in [0.29, 0.717) is 11.5 Å². The van der Waals surface area contributed by atoms with E-state index in [-0.39, 0.29) is 6.04 Å². The Kier molecular flexibility index (Phi) is 3.06. The molecule has 2 atom stereocenters. The zero-order valence-electron chi connectivity index (χ0n) is 9.10. The zero-order valence-corrected chi connectivity index (χ0v) is 11.4. The molecule has 1 heterocycles. The van der Waals surface area contributed by atoms with Crippen molar-refractivity contribution in [3.05, 3.63) is 20.3 Å². The summed E-state index contributed by atoms with van der Waals surface area (Å²) in [7, 11) is 0. The average molecular weight is 264 g/mol. The van der Waals surface area contributed by atoms with Crippen LogP contribution in [-0.2, 0) is 0 Å². The standard InChI is InChI=1S/C11H15Cl2NS/c1-6(14-8-5-11(8,2)3)7-4-9(12)15-10(7)13/h4,6,8,14H,5H2,1-3H3. The van der Waals surface area contributed by atoms with Crippen LogP contribution in [0.25, 0.3) is 0 Å². The molecule has 15 heavy (non-hydrogen) atoms. The molecule has 2 unspecified atom stereocenters. The number of rotatable bonds is 3. The van der Waals surface area contributed by atoms with Gasteiger partial charge in [-0.25, -0.2) is 0 Å². The van der Waals surface area contributed by atoms with Gasteiger partial charge in [-0.1, -0.05) is 37.0 Å². The second kappa shape index (κ2) is 3.92. The van der Waals surface area contributed by atoms with Crippen molar-refractivity contribution in [2.45, 2.75) is 39.3 Å². The Balaban J connectivity index is 2.02. The molecule has 1 fully saturated rings. The van der Waals surface area contributed by atoms with E-state index in [0.717, 1.165) is 14.2 Å².